The van der Waals surface area contributed by atoms with Gasteiger partial charge in [0.15, 0.2) is 0 Å². The van der Waals surface area contributed by atoms with Crippen molar-refractivity contribution in [2.75, 3.05) is 6.26 Å². The number of aromatic carboxylic acids is 1. The van der Waals surface area contributed by atoms with E-state index < -0.39 is 5.97 Å². The van der Waals surface area contributed by atoms with Gasteiger partial charge in [-0.3, -0.25) is 0 Å². The molecule has 0 spiro atoms. The van der Waals surface area contributed by atoms with E-state index in [4.69, 9.17) is 11.6 Å². The van der Waals surface area contributed by atoms with Crippen LogP contribution >= 0.6 is 23.4 Å². The molecule has 64 valence electrons. The fraction of sp³-hybridized carbons (Fsp3) is 0.125. The second-order valence-electron chi connectivity index (χ2n) is 2.13. The summed E-state index contributed by atoms with van der Waals surface area (Å²) in [4.78, 5) is 11.3. The van der Waals surface area contributed by atoms with E-state index in [2.05, 4.69) is 0 Å². The largest absolute Gasteiger partial charge is 1.00 e. The van der Waals surface area contributed by atoms with Crippen molar-refractivity contribution in [2.45, 2.75) is 4.90 Å². The number of halogens is 1. The van der Waals surface area contributed by atoms with Crippen molar-refractivity contribution in [3.05, 3.63) is 28.8 Å². The van der Waals surface area contributed by atoms with Gasteiger partial charge in [-0.2, -0.15) is 0 Å². The van der Waals surface area contributed by atoms with Crippen LogP contribution in [0.4, 0.5) is 0 Å². The third-order valence-corrected chi connectivity index (χ3v) is 2.45. The van der Waals surface area contributed by atoms with Gasteiger partial charge in [-0.15, -0.1) is 11.8 Å². The molecule has 0 radical (unpaired) electrons. The molecule has 1 aromatic carbocycles. The molecule has 0 atom stereocenters. The van der Waals surface area contributed by atoms with Crippen molar-refractivity contribution in [3.8, 4) is 0 Å². The molecule has 0 unspecified atom stereocenters. The van der Waals surface area contributed by atoms with E-state index in [9.17, 15) is 9.90 Å². The Morgan fingerprint density at radius 3 is 2.62 bits per heavy atom. The van der Waals surface area contributed by atoms with Crippen LogP contribution in [0.2, 0.25) is 5.02 Å². The van der Waals surface area contributed by atoms with E-state index in [0.717, 1.165) is 4.90 Å². The van der Waals surface area contributed by atoms with Crippen molar-refractivity contribution in [1.29, 1.82) is 0 Å². The topological polar surface area (TPSA) is 40.1 Å². The zero-order chi connectivity index (χ0) is 9.14. The van der Waals surface area contributed by atoms with Crippen LogP contribution in [0, 0.1) is 0 Å². The fourth-order valence-electron chi connectivity index (χ4n) is 0.788. The molecule has 1 aromatic rings. The zero-order valence-corrected chi connectivity index (χ0v) is 12.0. The first-order valence-electron chi connectivity index (χ1n) is 3.20. The van der Waals surface area contributed by atoms with Crippen molar-refractivity contribution in [1.82, 2.24) is 0 Å². The Bertz CT molecular complexity index is 317. The monoisotopic (exact) mass is 240 g/mol. The Morgan fingerprint density at radius 2 is 2.15 bits per heavy atom. The maximum absolute atomic E-state index is 10.5. The molecule has 0 saturated carbocycles. The summed E-state index contributed by atoms with van der Waals surface area (Å²) in [5.41, 5.74) is 0.0449. The summed E-state index contributed by atoms with van der Waals surface area (Å²) in [5.74, 6) is -1.24. The molecule has 5 heteroatoms. The van der Waals surface area contributed by atoms with Crippen LogP contribution in [0.15, 0.2) is 23.1 Å². The van der Waals surface area contributed by atoms with Gasteiger partial charge in [-0.25, -0.2) is 0 Å². The van der Waals surface area contributed by atoms with Crippen molar-refractivity contribution < 1.29 is 61.3 Å². The van der Waals surface area contributed by atoms with Gasteiger partial charge in [-0.1, -0.05) is 11.6 Å². The standard InChI is InChI=1S/C8H7ClO2S.K/c1-12-5-2-3-7(9)6(4-5)8(10)11;/h2-4H,1H3,(H,10,11);/q;+1/p-1. The van der Waals surface area contributed by atoms with Gasteiger partial charge in [0.25, 0.3) is 0 Å². The average Bonchev–Trinajstić information content (AvgIpc) is 2.05. The van der Waals surface area contributed by atoms with E-state index in [0.29, 0.717) is 0 Å². The summed E-state index contributed by atoms with van der Waals surface area (Å²) in [5, 5.41) is 10.7. The van der Waals surface area contributed by atoms with Crippen LogP contribution in [0.5, 0.6) is 0 Å². The van der Waals surface area contributed by atoms with E-state index in [1.165, 1.54) is 17.8 Å². The third kappa shape index (κ3) is 3.91. The third-order valence-electron chi connectivity index (χ3n) is 1.39. The van der Waals surface area contributed by atoms with Crippen molar-refractivity contribution in [3.63, 3.8) is 0 Å². The smallest absolute Gasteiger partial charge is 0.545 e. The SMILES string of the molecule is CSc1ccc(Cl)c(C(=O)[O-])c1.[K+]. The number of carboxylic acids is 1. The van der Waals surface area contributed by atoms with Gasteiger partial charge < -0.3 is 9.90 Å². The number of carbonyl (C=O) groups excluding carboxylic acids is 1. The molecule has 13 heavy (non-hydrogen) atoms. The second-order valence-corrected chi connectivity index (χ2v) is 3.42. The summed E-state index contributed by atoms with van der Waals surface area (Å²) < 4.78 is 0. The summed E-state index contributed by atoms with van der Waals surface area (Å²) in [6, 6.07) is 4.82. The van der Waals surface area contributed by atoms with E-state index >= 15 is 0 Å². The number of carbonyl (C=O) groups is 1. The fourth-order valence-corrected chi connectivity index (χ4v) is 1.42. The molecule has 0 aliphatic carbocycles. The summed E-state index contributed by atoms with van der Waals surface area (Å²) in [6.07, 6.45) is 1.86. The maximum atomic E-state index is 10.5. The predicted molar refractivity (Wildman–Crippen MR) is 47.6 cm³/mol. The van der Waals surface area contributed by atoms with Gasteiger partial charge >= 0.3 is 51.4 Å². The molecule has 0 amide bonds. The van der Waals surface area contributed by atoms with Crippen LogP contribution in [0.25, 0.3) is 0 Å². The Balaban J connectivity index is 0.00000144. The number of thioether (sulfide) groups is 1. The molecule has 0 aliphatic heterocycles. The molecule has 0 N–H and O–H groups in total. The Labute approximate surface area is 128 Å². The molecule has 0 saturated heterocycles. The number of carboxylic acid groups (broad SMARTS) is 1. The van der Waals surface area contributed by atoms with E-state index in [-0.39, 0.29) is 62.0 Å². The van der Waals surface area contributed by atoms with Gasteiger partial charge in [0, 0.05) is 15.5 Å². The minimum absolute atomic E-state index is 0. The molecule has 0 bridgehead atoms. The van der Waals surface area contributed by atoms with Crippen LogP contribution in [-0.4, -0.2) is 12.2 Å². The first-order valence-corrected chi connectivity index (χ1v) is 4.80. The second kappa shape index (κ2) is 6.45. The van der Waals surface area contributed by atoms with Crippen LogP contribution < -0.4 is 56.5 Å². The normalized spacial score (nSPS) is 9.08. The molecular weight excluding hydrogens is 235 g/mol. The predicted octanol–water partition coefficient (Wildman–Crippen LogP) is -1.57. The minimum atomic E-state index is -1.24. The number of hydrogen-bond acceptors (Lipinski definition) is 3. The Morgan fingerprint density at radius 1 is 1.54 bits per heavy atom. The van der Waals surface area contributed by atoms with Crippen LogP contribution in [0.1, 0.15) is 10.4 Å². The molecule has 0 fully saturated rings. The molecule has 0 aliphatic rings. The van der Waals surface area contributed by atoms with Crippen LogP contribution in [-0.2, 0) is 0 Å². The van der Waals surface area contributed by atoms with Crippen molar-refractivity contribution >= 4 is 29.3 Å². The molecule has 2 nitrogen and oxygen atoms in total. The first-order chi connectivity index (χ1) is 5.65. The van der Waals surface area contributed by atoms with Gasteiger partial charge in [0.05, 0.1) is 5.97 Å². The molecule has 0 heterocycles. The number of hydrogen-bond donors (Lipinski definition) is 0. The summed E-state index contributed by atoms with van der Waals surface area (Å²) in [7, 11) is 0. The average molecular weight is 241 g/mol. The first kappa shape index (κ1) is 14.0. The van der Waals surface area contributed by atoms with Crippen molar-refractivity contribution in [2.24, 2.45) is 0 Å². The molecular formula is C8H6ClKO2S. The number of benzene rings is 1. The summed E-state index contributed by atoms with van der Waals surface area (Å²) >= 11 is 7.08. The van der Waals surface area contributed by atoms with E-state index in [1.807, 2.05) is 6.26 Å². The minimum Gasteiger partial charge on any atom is -0.545 e. The van der Waals surface area contributed by atoms with Gasteiger partial charge in [0.1, 0.15) is 0 Å². The Hall–Kier alpha value is 0.966. The number of rotatable bonds is 2. The van der Waals surface area contributed by atoms with E-state index in [1.54, 1.807) is 12.1 Å². The van der Waals surface area contributed by atoms with Crippen LogP contribution in [0.3, 0.4) is 0 Å². The van der Waals surface area contributed by atoms with Gasteiger partial charge in [0.2, 0.25) is 0 Å². The van der Waals surface area contributed by atoms with Gasteiger partial charge in [-0.05, 0) is 24.5 Å². The quantitative estimate of drug-likeness (QED) is 0.463. The Kier molecular flexibility index (Phi) is 6.93. The summed E-state index contributed by atoms with van der Waals surface area (Å²) in [6.45, 7) is 0. The maximum Gasteiger partial charge on any atom is 1.00 e. The zero-order valence-electron chi connectivity index (χ0n) is 7.33. The molecule has 0 aromatic heterocycles. The molecule has 1 rings (SSSR count).